The first kappa shape index (κ1) is 8.20. The largest absolute Gasteiger partial charge is 0.504 e. The first-order chi connectivity index (χ1) is 6.20. The van der Waals surface area contributed by atoms with Crippen molar-refractivity contribution in [3.8, 4) is 5.75 Å². The van der Waals surface area contributed by atoms with E-state index in [-0.39, 0.29) is 10.8 Å². The number of fused-ring (bicyclic) bond motifs is 1. The second kappa shape index (κ2) is 2.82. The number of phenolic OH excluding ortho intramolecular Hbond substituents is 1. The fraction of sp³-hybridized carbons (Fsp3) is 0. The molecule has 0 aliphatic rings. The summed E-state index contributed by atoms with van der Waals surface area (Å²) in [4.78, 5) is 0. The number of nitrogens with two attached hydrogens (primary N) is 1. The van der Waals surface area contributed by atoms with E-state index in [1.165, 1.54) is 0 Å². The van der Waals surface area contributed by atoms with Crippen LogP contribution in [0.1, 0.15) is 0 Å². The van der Waals surface area contributed by atoms with Crippen LogP contribution in [0.5, 0.6) is 5.75 Å². The van der Waals surface area contributed by atoms with Gasteiger partial charge in [-0.2, -0.15) is 0 Å². The van der Waals surface area contributed by atoms with E-state index in [9.17, 15) is 5.11 Å². The molecule has 2 nitrogen and oxygen atoms in total. The van der Waals surface area contributed by atoms with Gasteiger partial charge in [-0.15, -0.1) is 0 Å². The van der Waals surface area contributed by atoms with Gasteiger partial charge in [-0.1, -0.05) is 35.9 Å². The van der Waals surface area contributed by atoms with E-state index in [2.05, 4.69) is 0 Å². The second-order valence-electron chi connectivity index (χ2n) is 2.84. The molecular weight excluding hydrogens is 186 g/mol. The molecule has 0 amide bonds. The Labute approximate surface area is 80.6 Å². The van der Waals surface area contributed by atoms with Crippen LogP contribution in [0.15, 0.2) is 30.3 Å². The highest BCUT2D eigenvalue weighted by atomic mass is 35.5. The predicted octanol–water partition coefficient (Wildman–Crippen LogP) is 2.78. The molecule has 0 heterocycles. The molecule has 2 aromatic carbocycles. The van der Waals surface area contributed by atoms with Crippen molar-refractivity contribution in [3.63, 3.8) is 0 Å². The molecule has 0 aliphatic carbocycles. The Kier molecular flexibility index (Phi) is 1.78. The molecule has 0 bridgehead atoms. The molecule has 0 radical (unpaired) electrons. The fourth-order valence-corrected chi connectivity index (χ4v) is 1.55. The monoisotopic (exact) mass is 193 g/mol. The number of aromatic hydroxyl groups is 1. The van der Waals surface area contributed by atoms with E-state index in [0.717, 1.165) is 10.8 Å². The summed E-state index contributed by atoms with van der Waals surface area (Å²) in [6.07, 6.45) is 0. The minimum atomic E-state index is -0.0413. The van der Waals surface area contributed by atoms with Gasteiger partial charge in [0.05, 0.1) is 10.7 Å². The van der Waals surface area contributed by atoms with Crippen LogP contribution in [0.3, 0.4) is 0 Å². The van der Waals surface area contributed by atoms with Gasteiger partial charge in [0.2, 0.25) is 0 Å². The molecule has 0 atom stereocenters. The quantitative estimate of drug-likeness (QED) is 0.499. The van der Waals surface area contributed by atoms with Gasteiger partial charge < -0.3 is 10.8 Å². The molecule has 13 heavy (non-hydrogen) atoms. The minimum absolute atomic E-state index is 0.0413. The summed E-state index contributed by atoms with van der Waals surface area (Å²) in [5.74, 6) is -0.0413. The molecule has 2 aromatic rings. The van der Waals surface area contributed by atoms with E-state index < -0.39 is 0 Å². The van der Waals surface area contributed by atoms with Crippen molar-refractivity contribution < 1.29 is 5.11 Å². The van der Waals surface area contributed by atoms with Crippen molar-refractivity contribution >= 4 is 28.1 Å². The number of hydrogen-bond donors (Lipinski definition) is 2. The van der Waals surface area contributed by atoms with Gasteiger partial charge >= 0.3 is 0 Å². The Hall–Kier alpha value is -1.41. The second-order valence-corrected chi connectivity index (χ2v) is 3.25. The molecule has 3 heteroatoms. The lowest BCUT2D eigenvalue weighted by atomic mass is 10.1. The molecule has 3 N–H and O–H groups in total. The van der Waals surface area contributed by atoms with Crippen molar-refractivity contribution in [2.45, 2.75) is 0 Å². The van der Waals surface area contributed by atoms with E-state index in [0.29, 0.717) is 5.69 Å². The summed E-state index contributed by atoms with van der Waals surface area (Å²) in [5, 5.41) is 11.5. The molecule has 0 unspecified atom stereocenters. The van der Waals surface area contributed by atoms with Crippen LogP contribution in [-0.2, 0) is 0 Å². The van der Waals surface area contributed by atoms with Crippen molar-refractivity contribution in [2.75, 3.05) is 5.73 Å². The number of phenols is 1. The first-order valence-electron chi connectivity index (χ1n) is 3.86. The predicted molar refractivity (Wildman–Crippen MR) is 55.0 cm³/mol. The highest BCUT2D eigenvalue weighted by Gasteiger charge is 2.06. The number of hydrogen-bond acceptors (Lipinski definition) is 2. The minimum Gasteiger partial charge on any atom is -0.504 e. The van der Waals surface area contributed by atoms with Crippen molar-refractivity contribution in [1.29, 1.82) is 0 Å². The van der Waals surface area contributed by atoms with Gasteiger partial charge in [-0.3, -0.25) is 0 Å². The van der Waals surface area contributed by atoms with Gasteiger partial charge in [-0.05, 0) is 11.5 Å². The average molecular weight is 194 g/mol. The topological polar surface area (TPSA) is 46.2 Å². The maximum Gasteiger partial charge on any atom is 0.157 e. The first-order valence-corrected chi connectivity index (χ1v) is 4.23. The Balaban J connectivity index is 2.94. The number of benzene rings is 2. The number of anilines is 1. The van der Waals surface area contributed by atoms with Crippen LogP contribution in [-0.4, -0.2) is 5.11 Å². The lowest BCUT2D eigenvalue weighted by Crippen LogP contribution is -1.88. The molecule has 0 fully saturated rings. The molecular formula is C10H8ClNO. The standard InChI is InChI=1S/C10H8ClNO/c11-8-5-6-3-1-2-4-7(6)9(12)10(8)13/h1-5,13H,12H2. The Morgan fingerprint density at radius 1 is 1.23 bits per heavy atom. The number of halogens is 1. The Morgan fingerprint density at radius 3 is 2.69 bits per heavy atom. The third-order valence-electron chi connectivity index (χ3n) is 2.01. The highest BCUT2D eigenvalue weighted by Crippen LogP contribution is 2.36. The lowest BCUT2D eigenvalue weighted by Gasteiger charge is -2.05. The van der Waals surface area contributed by atoms with Gasteiger partial charge in [-0.25, -0.2) is 0 Å². The molecule has 2 rings (SSSR count). The van der Waals surface area contributed by atoms with Gasteiger partial charge in [0, 0.05) is 5.39 Å². The zero-order chi connectivity index (χ0) is 9.42. The third-order valence-corrected chi connectivity index (χ3v) is 2.30. The fourth-order valence-electron chi connectivity index (χ4n) is 1.33. The van der Waals surface area contributed by atoms with Crippen molar-refractivity contribution in [3.05, 3.63) is 35.4 Å². The normalized spacial score (nSPS) is 10.5. The third kappa shape index (κ3) is 1.19. The molecule has 0 aliphatic heterocycles. The Bertz CT molecular complexity index is 468. The summed E-state index contributed by atoms with van der Waals surface area (Å²) in [7, 11) is 0. The van der Waals surface area contributed by atoms with Crippen LogP contribution < -0.4 is 5.73 Å². The van der Waals surface area contributed by atoms with Crippen LogP contribution >= 0.6 is 11.6 Å². The van der Waals surface area contributed by atoms with Crippen LogP contribution in [0, 0.1) is 0 Å². The van der Waals surface area contributed by atoms with Crippen LogP contribution in [0.4, 0.5) is 5.69 Å². The van der Waals surface area contributed by atoms with E-state index in [1.54, 1.807) is 6.07 Å². The zero-order valence-corrected chi connectivity index (χ0v) is 7.55. The van der Waals surface area contributed by atoms with Crippen molar-refractivity contribution in [2.24, 2.45) is 0 Å². The van der Waals surface area contributed by atoms with Crippen molar-refractivity contribution in [1.82, 2.24) is 0 Å². The van der Waals surface area contributed by atoms with Crippen LogP contribution in [0.2, 0.25) is 5.02 Å². The summed E-state index contributed by atoms with van der Waals surface area (Å²) in [6.45, 7) is 0. The maximum absolute atomic E-state index is 9.45. The Morgan fingerprint density at radius 2 is 1.92 bits per heavy atom. The summed E-state index contributed by atoms with van der Waals surface area (Å²) in [6, 6.07) is 9.21. The SMILES string of the molecule is Nc1c(O)c(Cl)cc2ccccc12. The van der Waals surface area contributed by atoms with Gasteiger partial charge in [0.25, 0.3) is 0 Å². The average Bonchev–Trinajstić information content (AvgIpc) is 2.15. The zero-order valence-electron chi connectivity index (χ0n) is 6.79. The lowest BCUT2D eigenvalue weighted by molar-refractivity contribution is 0.479. The molecule has 0 aromatic heterocycles. The van der Waals surface area contributed by atoms with Gasteiger partial charge in [0.15, 0.2) is 5.75 Å². The van der Waals surface area contributed by atoms with E-state index in [1.807, 2.05) is 24.3 Å². The van der Waals surface area contributed by atoms with Gasteiger partial charge in [0.1, 0.15) is 0 Å². The molecule has 0 saturated carbocycles. The van der Waals surface area contributed by atoms with E-state index >= 15 is 0 Å². The smallest absolute Gasteiger partial charge is 0.157 e. The molecule has 66 valence electrons. The summed E-state index contributed by atoms with van der Waals surface area (Å²) in [5.41, 5.74) is 6.02. The molecule has 0 spiro atoms. The van der Waals surface area contributed by atoms with Crippen LogP contribution in [0.25, 0.3) is 10.8 Å². The maximum atomic E-state index is 9.45. The number of nitrogen functional groups attached to an aromatic ring is 1. The highest BCUT2D eigenvalue weighted by molar-refractivity contribution is 6.33. The summed E-state index contributed by atoms with van der Waals surface area (Å²) >= 11 is 5.76. The molecule has 0 saturated heterocycles. The number of rotatable bonds is 0. The summed E-state index contributed by atoms with van der Waals surface area (Å²) < 4.78 is 0. The van der Waals surface area contributed by atoms with E-state index in [4.69, 9.17) is 17.3 Å².